The van der Waals surface area contributed by atoms with E-state index in [1.165, 1.54) is 31.6 Å². The van der Waals surface area contributed by atoms with Gasteiger partial charge in [0.15, 0.2) is 0 Å². The summed E-state index contributed by atoms with van der Waals surface area (Å²) < 4.78 is 0. The number of rotatable bonds is 12. The van der Waals surface area contributed by atoms with E-state index in [0.717, 1.165) is 0 Å². The Morgan fingerprint density at radius 1 is 1.00 bits per heavy atom. The number of H-pyrrole nitrogens is 1. The number of nitrogens with one attached hydrogen (secondary N) is 4. The van der Waals surface area contributed by atoms with Crippen LogP contribution < -0.4 is 21.7 Å². The minimum Gasteiger partial charge on any atom is -0.508 e. The molecule has 1 aromatic carbocycles. The topological polar surface area (TPSA) is 200 Å². The number of thiol groups is 1. The van der Waals surface area contributed by atoms with Crippen molar-refractivity contribution in [3.05, 3.63) is 48.0 Å². The van der Waals surface area contributed by atoms with E-state index in [2.05, 4.69) is 38.5 Å². The van der Waals surface area contributed by atoms with E-state index < -0.39 is 47.9 Å². The lowest BCUT2D eigenvalue weighted by molar-refractivity contribution is -0.142. The van der Waals surface area contributed by atoms with Crippen LogP contribution >= 0.6 is 12.6 Å². The van der Waals surface area contributed by atoms with Gasteiger partial charge in [0.25, 0.3) is 0 Å². The summed E-state index contributed by atoms with van der Waals surface area (Å²) in [6.07, 6.45) is 2.85. The molecule has 3 amide bonds. The van der Waals surface area contributed by atoms with E-state index in [4.69, 9.17) is 5.73 Å². The van der Waals surface area contributed by atoms with E-state index in [1.807, 2.05) is 0 Å². The minimum absolute atomic E-state index is 0.0394. The van der Waals surface area contributed by atoms with E-state index in [0.29, 0.717) is 11.3 Å². The number of hydrogen-bond donors (Lipinski definition) is 8. The molecule has 184 valence electrons. The number of amides is 3. The fourth-order valence-corrected chi connectivity index (χ4v) is 3.19. The second-order valence-corrected chi connectivity index (χ2v) is 8.01. The standard InChI is InChI=1S/C21H28N6O6S/c1-11(22)18(29)25-15(6-12-2-4-14(28)5-3-12)19(30)27-17(9-34)20(31)26-16(21(32)33)7-13-8-23-10-24-13/h2-5,8,10-11,15-17,28,34H,6-7,9,22H2,1H3,(H,23,24)(H,25,29)(H,26,31)(H,27,30)(H,32,33). The number of aromatic nitrogens is 2. The van der Waals surface area contributed by atoms with Gasteiger partial charge in [-0.3, -0.25) is 14.4 Å². The van der Waals surface area contributed by atoms with Gasteiger partial charge in [0.05, 0.1) is 12.4 Å². The van der Waals surface area contributed by atoms with Crippen LogP contribution in [0.4, 0.5) is 0 Å². The maximum Gasteiger partial charge on any atom is 0.326 e. The number of nitrogens with zero attached hydrogens (tertiary/aromatic N) is 1. The lowest BCUT2D eigenvalue weighted by Gasteiger charge is -2.24. The van der Waals surface area contributed by atoms with E-state index in [-0.39, 0.29) is 24.3 Å². The van der Waals surface area contributed by atoms with Crippen molar-refractivity contribution in [1.29, 1.82) is 0 Å². The fourth-order valence-electron chi connectivity index (χ4n) is 2.94. The summed E-state index contributed by atoms with van der Waals surface area (Å²) in [7, 11) is 0. The van der Waals surface area contributed by atoms with Crippen molar-refractivity contribution in [3.63, 3.8) is 0 Å². The summed E-state index contributed by atoms with van der Waals surface area (Å²) in [5.41, 5.74) is 6.74. The Bertz CT molecular complexity index is 982. The largest absolute Gasteiger partial charge is 0.508 e. The van der Waals surface area contributed by atoms with Gasteiger partial charge in [-0.1, -0.05) is 12.1 Å². The summed E-state index contributed by atoms with van der Waals surface area (Å²) in [5.74, 6) is -3.35. The molecule has 12 nitrogen and oxygen atoms in total. The number of aliphatic carboxylic acids is 1. The molecule has 0 aliphatic rings. The Hall–Kier alpha value is -3.58. The molecule has 2 aromatic rings. The van der Waals surface area contributed by atoms with Crippen molar-refractivity contribution in [2.45, 2.75) is 43.9 Å². The highest BCUT2D eigenvalue weighted by Gasteiger charge is 2.29. The van der Waals surface area contributed by atoms with Crippen molar-refractivity contribution in [1.82, 2.24) is 25.9 Å². The average Bonchev–Trinajstić information content (AvgIpc) is 3.30. The van der Waals surface area contributed by atoms with Gasteiger partial charge < -0.3 is 36.9 Å². The normalized spacial score (nSPS) is 14.3. The molecular formula is C21H28N6O6S. The predicted molar refractivity (Wildman–Crippen MR) is 125 cm³/mol. The third-order valence-corrected chi connectivity index (χ3v) is 5.20. The van der Waals surface area contributed by atoms with Gasteiger partial charge in [-0.05, 0) is 24.6 Å². The highest BCUT2D eigenvalue weighted by molar-refractivity contribution is 7.80. The van der Waals surface area contributed by atoms with Crippen LogP contribution in [0, 0.1) is 0 Å². The van der Waals surface area contributed by atoms with Gasteiger partial charge in [-0.25, -0.2) is 9.78 Å². The molecule has 0 aliphatic heterocycles. The quantitative estimate of drug-likeness (QED) is 0.167. The molecule has 0 fully saturated rings. The van der Waals surface area contributed by atoms with Gasteiger partial charge in [0.1, 0.15) is 23.9 Å². The maximum atomic E-state index is 13.0. The Morgan fingerprint density at radius 2 is 1.59 bits per heavy atom. The number of aromatic amines is 1. The lowest BCUT2D eigenvalue weighted by atomic mass is 10.0. The smallest absolute Gasteiger partial charge is 0.326 e. The first-order valence-corrected chi connectivity index (χ1v) is 11.0. The molecule has 34 heavy (non-hydrogen) atoms. The molecule has 0 aliphatic carbocycles. The van der Waals surface area contributed by atoms with E-state index in [1.54, 1.807) is 12.1 Å². The number of phenols is 1. The molecule has 13 heteroatoms. The number of imidazole rings is 1. The first kappa shape index (κ1) is 26.7. The number of aromatic hydroxyl groups is 1. The van der Waals surface area contributed by atoms with Crippen LogP contribution in [0.3, 0.4) is 0 Å². The van der Waals surface area contributed by atoms with Crippen molar-refractivity contribution in [2.75, 3.05) is 5.75 Å². The van der Waals surface area contributed by atoms with Gasteiger partial charge >= 0.3 is 5.97 Å². The van der Waals surface area contributed by atoms with Gasteiger partial charge in [0.2, 0.25) is 17.7 Å². The number of carbonyl (C=O) groups is 4. The molecule has 4 atom stereocenters. The monoisotopic (exact) mass is 492 g/mol. The highest BCUT2D eigenvalue weighted by atomic mass is 32.1. The van der Waals surface area contributed by atoms with Crippen LogP contribution in [0.15, 0.2) is 36.8 Å². The Morgan fingerprint density at radius 3 is 2.12 bits per heavy atom. The number of carboxylic acid groups (broad SMARTS) is 1. The van der Waals surface area contributed by atoms with Crippen LogP contribution in [0.25, 0.3) is 0 Å². The lowest BCUT2D eigenvalue weighted by Crippen LogP contribution is -2.58. The molecule has 1 heterocycles. The molecule has 0 saturated carbocycles. The first-order valence-electron chi connectivity index (χ1n) is 10.4. The summed E-state index contributed by atoms with van der Waals surface area (Å²) in [4.78, 5) is 56.0. The Labute approximate surface area is 201 Å². The Kier molecular flexibility index (Phi) is 9.89. The maximum absolute atomic E-state index is 13.0. The number of hydrogen-bond acceptors (Lipinski definition) is 8. The molecule has 4 unspecified atom stereocenters. The number of phenolic OH excluding ortho intramolecular Hbond substituents is 1. The van der Waals surface area contributed by atoms with Crippen molar-refractivity contribution in [3.8, 4) is 5.75 Å². The molecule has 0 radical (unpaired) electrons. The van der Waals surface area contributed by atoms with Crippen molar-refractivity contribution < 1.29 is 29.4 Å². The highest BCUT2D eigenvalue weighted by Crippen LogP contribution is 2.12. The predicted octanol–water partition coefficient (Wildman–Crippen LogP) is -1.28. The fraction of sp³-hybridized carbons (Fsp3) is 0.381. The molecular weight excluding hydrogens is 464 g/mol. The number of carbonyl (C=O) groups excluding carboxylic acids is 3. The first-order chi connectivity index (χ1) is 16.1. The molecule has 8 N–H and O–H groups in total. The van der Waals surface area contributed by atoms with Gasteiger partial charge in [-0.2, -0.15) is 12.6 Å². The molecule has 1 aromatic heterocycles. The van der Waals surface area contributed by atoms with Gasteiger partial charge in [0, 0.05) is 30.5 Å². The number of nitrogens with two attached hydrogens (primary N) is 1. The van der Waals surface area contributed by atoms with E-state index >= 15 is 0 Å². The van der Waals surface area contributed by atoms with Gasteiger partial charge in [-0.15, -0.1) is 0 Å². The SMILES string of the molecule is CC(N)C(=O)NC(Cc1ccc(O)cc1)C(=O)NC(CS)C(=O)NC(Cc1cnc[nH]1)C(=O)O. The second-order valence-electron chi connectivity index (χ2n) is 7.64. The second kappa shape index (κ2) is 12.6. The summed E-state index contributed by atoms with van der Waals surface area (Å²) in [6, 6.07) is 1.65. The van der Waals surface area contributed by atoms with Crippen LogP contribution in [-0.2, 0) is 32.0 Å². The van der Waals surface area contributed by atoms with E-state index in [9.17, 15) is 29.4 Å². The summed E-state index contributed by atoms with van der Waals surface area (Å²) >= 11 is 4.10. The van der Waals surface area contributed by atoms with Crippen molar-refractivity contribution in [2.24, 2.45) is 5.73 Å². The zero-order valence-corrected chi connectivity index (χ0v) is 19.3. The van der Waals surface area contributed by atoms with Crippen LogP contribution in [0.1, 0.15) is 18.2 Å². The van der Waals surface area contributed by atoms with Crippen LogP contribution in [0.2, 0.25) is 0 Å². The zero-order chi connectivity index (χ0) is 25.3. The van der Waals surface area contributed by atoms with Crippen molar-refractivity contribution >= 4 is 36.3 Å². The third-order valence-electron chi connectivity index (χ3n) is 4.83. The third kappa shape index (κ3) is 8.08. The molecule has 2 rings (SSSR count). The zero-order valence-electron chi connectivity index (χ0n) is 18.4. The summed E-state index contributed by atoms with van der Waals surface area (Å²) in [6.45, 7) is 1.46. The summed E-state index contributed by atoms with van der Waals surface area (Å²) in [5, 5.41) is 26.3. The minimum atomic E-state index is -1.27. The number of carboxylic acids is 1. The Balaban J connectivity index is 2.11. The van der Waals surface area contributed by atoms with Crippen LogP contribution in [0.5, 0.6) is 5.75 Å². The molecule has 0 spiro atoms. The molecule has 0 saturated heterocycles. The average molecular weight is 493 g/mol. The van der Waals surface area contributed by atoms with Crippen LogP contribution in [-0.4, -0.2) is 73.8 Å². The molecule has 0 bridgehead atoms. The number of benzene rings is 1.